The van der Waals surface area contributed by atoms with E-state index in [9.17, 15) is 9.59 Å². The summed E-state index contributed by atoms with van der Waals surface area (Å²) in [6, 6.07) is 18.5. The molecule has 0 radical (unpaired) electrons. The SMILES string of the molecule is COC(=O)c1ccc(N=C2SC(=Cc3cc(Br)c(OCc4ccc(C)cc4)c(OC)c3)C(=O)N2C)cc1. The van der Waals surface area contributed by atoms with Crippen molar-refractivity contribution in [3.63, 3.8) is 0 Å². The number of nitrogens with zero attached hydrogens (tertiary/aromatic N) is 2. The maximum Gasteiger partial charge on any atom is 0.337 e. The molecule has 1 saturated heterocycles. The molecular formula is C28H25BrN2O5S. The van der Waals surface area contributed by atoms with Crippen molar-refractivity contribution >= 4 is 56.5 Å². The first-order chi connectivity index (χ1) is 17.8. The molecule has 1 heterocycles. The Bertz CT molecular complexity index is 1380. The first kappa shape index (κ1) is 26.5. The van der Waals surface area contributed by atoms with Crippen molar-refractivity contribution in [3.8, 4) is 11.5 Å². The zero-order valence-electron chi connectivity index (χ0n) is 20.8. The van der Waals surface area contributed by atoms with Gasteiger partial charge in [0.15, 0.2) is 16.7 Å². The number of hydrogen-bond acceptors (Lipinski definition) is 7. The minimum absolute atomic E-state index is 0.162. The number of esters is 1. The molecule has 4 rings (SSSR count). The topological polar surface area (TPSA) is 77.4 Å². The third kappa shape index (κ3) is 6.23. The Morgan fingerprint density at radius 2 is 1.78 bits per heavy atom. The van der Waals surface area contributed by atoms with Crippen LogP contribution in [0.25, 0.3) is 6.08 Å². The number of ether oxygens (including phenoxy) is 3. The summed E-state index contributed by atoms with van der Waals surface area (Å²) in [6.07, 6.45) is 1.80. The van der Waals surface area contributed by atoms with Crippen LogP contribution < -0.4 is 9.47 Å². The second-order valence-corrected chi connectivity index (χ2v) is 10.1. The fourth-order valence-corrected chi connectivity index (χ4v) is 5.07. The van der Waals surface area contributed by atoms with Crippen molar-refractivity contribution in [2.45, 2.75) is 13.5 Å². The number of aryl methyl sites for hydroxylation is 1. The molecule has 0 N–H and O–H groups in total. The minimum Gasteiger partial charge on any atom is -0.493 e. The van der Waals surface area contributed by atoms with E-state index in [-0.39, 0.29) is 5.91 Å². The average Bonchev–Trinajstić information content (AvgIpc) is 3.16. The van der Waals surface area contributed by atoms with Crippen molar-refractivity contribution in [1.29, 1.82) is 0 Å². The average molecular weight is 581 g/mol. The van der Waals surface area contributed by atoms with Crippen LogP contribution >= 0.6 is 27.7 Å². The number of rotatable bonds is 7. The molecule has 9 heteroatoms. The van der Waals surface area contributed by atoms with Gasteiger partial charge in [0.2, 0.25) is 0 Å². The number of halogens is 1. The van der Waals surface area contributed by atoms with E-state index in [1.807, 2.05) is 43.3 Å². The quantitative estimate of drug-likeness (QED) is 0.239. The number of likely N-dealkylation sites (N-methyl/N-ethyl adjacent to an activating group) is 1. The van der Waals surface area contributed by atoms with Gasteiger partial charge in [-0.05, 0) is 88.2 Å². The van der Waals surface area contributed by atoms with Gasteiger partial charge in [0.05, 0.1) is 34.8 Å². The van der Waals surface area contributed by atoms with Crippen LogP contribution in [-0.4, -0.2) is 43.2 Å². The molecule has 0 spiro atoms. The summed E-state index contributed by atoms with van der Waals surface area (Å²) >= 11 is 4.86. The Kier molecular flexibility index (Phi) is 8.35. The predicted octanol–water partition coefficient (Wildman–Crippen LogP) is 6.37. The summed E-state index contributed by atoms with van der Waals surface area (Å²) in [7, 11) is 4.59. The molecular weight excluding hydrogens is 556 g/mol. The van der Waals surface area contributed by atoms with Crippen LogP contribution in [0.15, 0.2) is 75.0 Å². The van der Waals surface area contributed by atoms with Gasteiger partial charge >= 0.3 is 5.97 Å². The normalized spacial score (nSPS) is 15.4. The van der Waals surface area contributed by atoms with Gasteiger partial charge in [-0.15, -0.1) is 0 Å². The van der Waals surface area contributed by atoms with E-state index >= 15 is 0 Å². The van der Waals surface area contributed by atoms with Gasteiger partial charge in [-0.2, -0.15) is 0 Å². The molecule has 7 nitrogen and oxygen atoms in total. The Morgan fingerprint density at radius 1 is 1.08 bits per heavy atom. The molecule has 1 aliphatic rings. The van der Waals surface area contributed by atoms with Crippen molar-refractivity contribution < 1.29 is 23.8 Å². The monoisotopic (exact) mass is 580 g/mol. The number of carbonyl (C=O) groups is 2. The van der Waals surface area contributed by atoms with Gasteiger partial charge in [0.25, 0.3) is 5.91 Å². The van der Waals surface area contributed by atoms with Gasteiger partial charge in [-0.25, -0.2) is 9.79 Å². The molecule has 0 aromatic heterocycles. The summed E-state index contributed by atoms with van der Waals surface area (Å²) < 4.78 is 17.1. The van der Waals surface area contributed by atoms with Crippen LogP contribution in [0.4, 0.5) is 5.69 Å². The van der Waals surface area contributed by atoms with E-state index in [1.54, 1.807) is 44.5 Å². The molecule has 1 amide bonds. The van der Waals surface area contributed by atoms with Crippen LogP contribution in [0.3, 0.4) is 0 Å². The summed E-state index contributed by atoms with van der Waals surface area (Å²) in [5.41, 5.74) is 4.07. The third-order valence-corrected chi connectivity index (χ3v) is 7.22. The largest absolute Gasteiger partial charge is 0.493 e. The highest BCUT2D eigenvalue weighted by Crippen LogP contribution is 2.39. The number of methoxy groups -OCH3 is 2. The first-order valence-corrected chi connectivity index (χ1v) is 12.9. The smallest absolute Gasteiger partial charge is 0.337 e. The number of amides is 1. The fourth-order valence-electron chi connectivity index (χ4n) is 3.51. The highest BCUT2D eigenvalue weighted by Gasteiger charge is 2.30. The fraction of sp³-hybridized carbons (Fsp3) is 0.179. The molecule has 1 aliphatic heterocycles. The minimum atomic E-state index is -0.417. The van der Waals surface area contributed by atoms with E-state index in [1.165, 1.54) is 29.3 Å². The number of aliphatic imine (C=N–C) groups is 1. The van der Waals surface area contributed by atoms with Crippen molar-refractivity contribution in [1.82, 2.24) is 4.90 Å². The number of hydrogen-bond donors (Lipinski definition) is 0. The van der Waals surface area contributed by atoms with Crippen LogP contribution in [0.2, 0.25) is 0 Å². The van der Waals surface area contributed by atoms with E-state index in [2.05, 4.69) is 20.9 Å². The second-order valence-electron chi connectivity index (χ2n) is 8.22. The molecule has 37 heavy (non-hydrogen) atoms. The lowest BCUT2D eigenvalue weighted by molar-refractivity contribution is -0.121. The van der Waals surface area contributed by atoms with E-state index < -0.39 is 5.97 Å². The Labute approximate surface area is 228 Å². The molecule has 0 unspecified atom stereocenters. The van der Waals surface area contributed by atoms with E-state index in [4.69, 9.17) is 14.2 Å². The van der Waals surface area contributed by atoms with Crippen LogP contribution in [0, 0.1) is 6.92 Å². The van der Waals surface area contributed by atoms with Crippen molar-refractivity contribution in [3.05, 3.63) is 92.3 Å². The van der Waals surface area contributed by atoms with Crippen LogP contribution in [-0.2, 0) is 16.1 Å². The van der Waals surface area contributed by atoms with Crippen molar-refractivity contribution in [2.24, 2.45) is 4.99 Å². The molecule has 3 aromatic carbocycles. The Morgan fingerprint density at radius 3 is 2.43 bits per heavy atom. The summed E-state index contributed by atoms with van der Waals surface area (Å²) in [5, 5.41) is 0.533. The molecule has 190 valence electrons. The molecule has 3 aromatic rings. The number of thioether (sulfide) groups is 1. The standard InChI is InChI=1S/C28H25BrN2O5S/c1-17-5-7-18(8-6-17)16-36-25-22(29)13-19(14-23(25)34-3)15-24-26(32)31(2)28(37-24)30-21-11-9-20(10-12-21)27(33)35-4/h5-15H,16H2,1-4H3. The number of benzene rings is 3. The molecule has 0 atom stereocenters. The van der Waals surface area contributed by atoms with Gasteiger partial charge < -0.3 is 14.2 Å². The predicted molar refractivity (Wildman–Crippen MR) is 149 cm³/mol. The summed E-state index contributed by atoms with van der Waals surface area (Å²) in [5.74, 6) is 0.562. The third-order valence-electron chi connectivity index (χ3n) is 5.57. The van der Waals surface area contributed by atoms with E-state index in [0.29, 0.717) is 43.9 Å². The molecule has 1 fully saturated rings. The van der Waals surface area contributed by atoms with Crippen molar-refractivity contribution in [2.75, 3.05) is 21.3 Å². The zero-order valence-corrected chi connectivity index (χ0v) is 23.2. The molecule has 0 saturated carbocycles. The lowest BCUT2D eigenvalue weighted by Crippen LogP contribution is -2.23. The highest BCUT2D eigenvalue weighted by molar-refractivity contribution is 9.10. The van der Waals surface area contributed by atoms with Crippen LogP contribution in [0.5, 0.6) is 11.5 Å². The van der Waals surface area contributed by atoms with Gasteiger partial charge in [0, 0.05) is 7.05 Å². The lowest BCUT2D eigenvalue weighted by atomic mass is 10.1. The number of amidine groups is 1. The van der Waals surface area contributed by atoms with E-state index in [0.717, 1.165) is 11.1 Å². The van der Waals surface area contributed by atoms with Gasteiger partial charge in [-0.1, -0.05) is 29.8 Å². The first-order valence-electron chi connectivity index (χ1n) is 11.3. The molecule has 0 bridgehead atoms. The summed E-state index contributed by atoms with van der Waals surface area (Å²) in [6.45, 7) is 2.44. The lowest BCUT2D eigenvalue weighted by Gasteiger charge is -2.14. The maximum absolute atomic E-state index is 12.9. The zero-order chi connectivity index (χ0) is 26.5. The maximum atomic E-state index is 12.9. The number of carbonyl (C=O) groups excluding carboxylic acids is 2. The van der Waals surface area contributed by atoms with Gasteiger partial charge in [-0.3, -0.25) is 9.69 Å². The van der Waals surface area contributed by atoms with Gasteiger partial charge in [0.1, 0.15) is 6.61 Å². The van der Waals surface area contributed by atoms with Crippen LogP contribution in [0.1, 0.15) is 27.0 Å². The highest BCUT2D eigenvalue weighted by atomic mass is 79.9. The Hall–Kier alpha value is -3.56. The second kappa shape index (κ2) is 11.7. The summed E-state index contributed by atoms with van der Waals surface area (Å²) in [4.78, 5) is 31.1. The Balaban J connectivity index is 1.54. The molecule has 0 aliphatic carbocycles.